The van der Waals surface area contributed by atoms with Crippen molar-refractivity contribution in [3.8, 4) is 0 Å². The Hall–Kier alpha value is -3.07. The quantitative estimate of drug-likeness (QED) is 0.558. The van der Waals surface area contributed by atoms with Gasteiger partial charge in [-0.1, -0.05) is 17.4 Å². The Morgan fingerprint density at radius 1 is 1.11 bits per heavy atom. The minimum absolute atomic E-state index is 0.00921. The fourth-order valence-corrected chi connectivity index (χ4v) is 6.86. The van der Waals surface area contributed by atoms with Crippen LogP contribution < -0.4 is 10.2 Å². The summed E-state index contributed by atoms with van der Waals surface area (Å²) in [6.07, 6.45) is 5.47. The van der Waals surface area contributed by atoms with Crippen LogP contribution in [0.1, 0.15) is 37.7 Å². The third kappa shape index (κ3) is 4.45. The lowest BCUT2D eigenvalue weighted by Crippen LogP contribution is -2.46. The van der Waals surface area contributed by atoms with Gasteiger partial charge < -0.3 is 15.1 Å². The summed E-state index contributed by atoms with van der Waals surface area (Å²) >= 11 is 1.52. The predicted molar refractivity (Wildman–Crippen MR) is 138 cm³/mol. The number of fused-ring (bicyclic) bond motifs is 1. The van der Waals surface area contributed by atoms with Gasteiger partial charge in [0.2, 0.25) is 11.8 Å². The van der Waals surface area contributed by atoms with Gasteiger partial charge in [-0.05, 0) is 74.3 Å². The van der Waals surface area contributed by atoms with E-state index in [-0.39, 0.29) is 34.9 Å². The molecule has 3 aliphatic rings. The number of anilines is 2. The zero-order valence-electron chi connectivity index (χ0n) is 20.4. The highest BCUT2D eigenvalue weighted by Gasteiger charge is 2.59. The van der Waals surface area contributed by atoms with Gasteiger partial charge in [-0.3, -0.25) is 9.59 Å². The molecule has 2 amide bonds. The fourth-order valence-electron chi connectivity index (χ4n) is 5.89. The Morgan fingerprint density at radius 3 is 2.61 bits per heavy atom. The molecule has 0 radical (unpaired) electrons. The highest BCUT2D eigenvalue weighted by Crippen LogP contribution is 2.59. The maximum atomic E-state index is 13.2. The minimum atomic E-state index is -0.339. The maximum Gasteiger partial charge on any atom is 0.229 e. The van der Waals surface area contributed by atoms with Crippen LogP contribution in [-0.2, 0) is 9.59 Å². The Labute approximate surface area is 213 Å². The molecule has 2 aliphatic heterocycles. The number of amides is 2. The largest absolute Gasteiger partial charge is 0.357 e. The van der Waals surface area contributed by atoms with E-state index in [1.165, 1.54) is 29.2 Å². The van der Waals surface area contributed by atoms with Crippen molar-refractivity contribution in [3.63, 3.8) is 0 Å². The summed E-state index contributed by atoms with van der Waals surface area (Å²) in [7, 11) is 0. The lowest BCUT2D eigenvalue weighted by molar-refractivity contribution is -0.137. The number of nitrogens with one attached hydrogen (secondary N) is 1. The van der Waals surface area contributed by atoms with Gasteiger partial charge in [0.25, 0.3) is 0 Å². The van der Waals surface area contributed by atoms with E-state index in [9.17, 15) is 14.0 Å². The lowest BCUT2D eigenvalue weighted by Gasteiger charge is -2.38. The second-order valence-corrected chi connectivity index (χ2v) is 11.6. The van der Waals surface area contributed by atoms with E-state index in [0.717, 1.165) is 74.3 Å². The summed E-state index contributed by atoms with van der Waals surface area (Å²) in [5.41, 5.74) is 2.13. The molecule has 0 bridgehead atoms. The van der Waals surface area contributed by atoms with E-state index in [2.05, 4.69) is 33.2 Å². The van der Waals surface area contributed by atoms with Gasteiger partial charge in [0, 0.05) is 38.0 Å². The number of aromatic nitrogens is 2. The number of nitrogens with zero attached hydrogens (tertiary/aromatic N) is 4. The maximum absolute atomic E-state index is 13.2. The summed E-state index contributed by atoms with van der Waals surface area (Å²) in [6.45, 7) is 5.00. The topological polar surface area (TPSA) is 78.4 Å². The van der Waals surface area contributed by atoms with Crippen LogP contribution in [0.15, 0.2) is 36.5 Å². The van der Waals surface area contributed by atoms with Crippen LogP contribution >= 0.6 is 11.3 Å². The number of hydrogen-bond donors (Lipinski definition) is 1. The third-order valence-corrected chi connectivity index (χ3v) is 9.16. The van der Waals surface area contributed by atoms with Gasteiger partial charge in [-0.15, -0.1) is 0 Å². The molecule has 3 fully saturated rings. The van der Waals surface area contributed by atoms with Gasteiger partial charge >= 0.3 is 0 Å². The number of carbonyl (C=O) groups is 2. The van der Waals surface area contributed by atoms with Crippen molar-refractivity contribution >= 4 is 44.3 Å². The number of rotatable bonds is 4. The van der Waals surface area contributed by atoms with Gasteiger partial charge in [0.15, 0.2) is 5.13 Å². The van der Waals surface area contributed by atoms with E-state index >= 15 is 0 Å². The highest BCUT2D eigenvalue weighted by molar-refractivity contribution is 7.22. The molecule has 1 aromatic carbocycles. The molecule has 2 saturated heterocycles. The normalized spacial score (nSPS) is 21.7. The molecule has 1 aliphatic carbocycles. The monoisotopic (exact) mass is 507 g/mol. The zero-order valence-corrected chi connectivity index (χ0v) is 21.2. The van der Waals surface area contributed by atoms with E-state index in [1.54, 1.807) is 6.07 Å². The highest BCUT2D eigenvalue weighted by atomic mass is 32.1. The van der Waals surface area contributed by atoms with E-state index < -0.39 is 0 Å². The lowest BCUT2D eigenvalue weighted by atomic mass is 9.88. The molecule has 2 aromatic heterocycles. The number of carbonyl (C=O) groups excluding carboxylic acids is 2. The standard InChI is InChI=1S/C27H30FN5O2S/c1-17-2-4-21-22(14-17)36-26(30-21)31-24(34)20-15-27(20)8-12-33(13-9-27)25(35)18-6-10-32(11-7-18)23-5-3-19(28)16-29-23/h2-5,14,16,18,20H,6-13,15H2,1H3,(H,30,31,34). The fraction of sp³-hybridized carbons (Fsp3) is 0.481. The number of thiazole rings is 1. The molecule has 1 spiro atoms. The molecule has 9 heteroatoms. The molecular weight excluding hydrogens is 477 g/mol. The number of benzene rings is 1. The third-order valence-electron chi connectivity index (χ3n) is 8.23. The summed E-state index contributed by atoms with van der Waals surface area (Å²) in [5, 5.41) is 3.71. The summed E-state index contributed by atoms with van der Waals surface area (Å²) in [4.78, 5) is 39.0. The van der Waals surface area contributed by atoms with Crippen molar-refractivity contribution in [1.29, 1.82) is 0 Å². The molecule has 7 nitrogen and oxygen atoms in total. The van der Waals surface area contributed by atoms with E-state index in [4.69, 9.17) is 0 Å². The molecule has 1 N–H and O–H groups in total. The Morgan fingerprint density at radius 2 is 1.89 bits per heavy atom. The molecule has 6 rings (SSSR count). The smallest absolute Gasteiger partial charge is 0.229 e. The molecule has 3 aromatic rings. The number of aryl methyl sites for hydroxylation is 1. The summed E-state index contributed by atoms with van der Waals surface area (Å²) in [5.74, 6) is 0.761. The van der Waals surface area contributed by atoms with Gasteiger partial charge in [-0.2, -0.15) is 0 Å². The second kappa shape index (κ2) is 9.10. The van der Waals surface area contributed by atoms with Crippen LogP contribution in [0.2, 0.25) is 0 Å². The number of hydrogen-bond acceptors (Lipinski definition) is 6. The summed E-state index contributed by atoms with van der Waals surface area (Å²) in [6, 6.07) is 9.24. The predicted octanol–water partition coefficient (Wildman–Crippen LogP) is 4.62. The number of likely N-dealkylation sites (tertiary alicyclic amines) is 1. The van der Waals surface area contributed by atoms with Crippen molar-refractivity contribution in [2.24, 2.45) is 17.3 Å². The van der Waals surface area contributed by atoms with Crippen LogP contribution in [0, 0.1) is 30.0 Å². The van der Waals surface area contributed by atoms with E-state index in [1.807, 2.05) is 17.0 Å². The second-order valence-electron chi connectivity index (χ2n) is 10.5. The Balaban J connectivity index is 0.992. The van der Waals surface area contributed by atoms with Crippen molar-refractivity contribution in [3.05, 3.63) is 47.9 Å². The number of pyridine rings is 1. The van der Waals surface area contributed by atoms with Crippen LogP contribution in [-0.4, -0.2) is 52.9 Å². The average Bonchev–Trinajstić information content (AvgIpc) is 3.44. The van der Waals surface area contributed by atoms with Crippen molar-refractivity contribution < 1.29 is 14.0 Å². The molecule has 36 heavy (non-hydrogen) atoms. The molecule has 188 valence electrons. The number of piperidine rings is 2. The number of halogens is 1. The van der Waals surface area contributed by atoms with Crippen molar-refractivity contribution in [2.45, 2.75) is 39.0 Å². The van der Waals surface area contributed by atoms with Crippen LogP contribution in [0.25, 0.3) is 10.2 Å². The van der Waals surface area contributed by atoms with Crippen LogP contribution in [0.3, 0.4) is 0 Å². The van der Waals surface area contributed by atoms with Crippen LogP contribution in [0.4, 0.5) is 15.3 Å². The van der Waals surface area contributed by atoms with Gasteiger partial charge in [0.05, 0.1) is 16.4 Å². The van der Waals surface area contributed by atoms with Gasteiger partial charge in [0.1, 0.15) is 11.6 Å². The minimum Gasteiger partial charge on any atom is -0.357 e. The first-order valence-corrected chi connectivity index (χ1v) is 13.6. The first kappa shape index (κ1) is 23.3. The molecule has 1 atom stereocenters. The van der Waals surface area contributed by atoms with Crippen molar-refractivity contribution in [1.82, 2.24) is 14.9 Å². The SMILES string of the molecule is Cc1ccc2nc(NC(=O)C3CC34CCN(C(=O)C3CCN(c5ccc(F)cn5)CC3)CC4)sc2c1. The van der Waals surface area contributed by atoms with E-state index in [0.29, 0.717) is 5.13 Å². The molecule has 1 saturated carbocycles. The zero-order chi connectivity index (χ0) is 24.9. The molecule has 4 heterocycles. The molecule has 1 unspecified atom stereocenters. The average molecular weight is 508 g/mol. The molecular formula is C27H30FN5O2S. The first-order chi connectivity index (χ1) is 17.4. The Kier molecular flexibility index (Phi) is 5.90. The Bertz CT molecular complexity index is 1290. The summed E-state index contributed by atoms with van der Waals surface area (Å²) < 4.78 is 14.2. The van der Waals surface area contributed by atoms with Gasteiger partial charge in [-0.25, -0.2) is 14.4 Å². The first-order valence-electron chi connectivity index (χ1n) is 12.7. The van der Waals surface area contributed by atoms with Crippen LogP contribution in [0.5, 0.6) is 0 Å². The van der Waals surface area contributed by atoms with Crippen molar-refractivity contribution in [2.75, 3.05) is 36.4 Å².